The summed E-state index contributed by atoms with van der Waals surface area (Å²) in [7, 11) is -1.03. The van der Waals surface area contributed by atoms with Gasteiger partial charge in [-0.25, -0.2) is 12.8 Å². The molecule has 1 N–H and O–H groups in total. The maximum absolute atomic E-state index is 13.6. The third-order valence-electron chi connectivity index (χ3n) is 5.42. The van der Waals surface area contributed by atoms with Crippen LogP contribution in [0.4, 0.5) is 10.1 Å². The molecule has 36 heavy (non-hydrogen) atoms. The lowest BCUT2D eigenvalue weighted by molar-refractivity contribution is -0.140. The number of anilines is 1. The summed E-state index contributed by atoms with van der Waals surface area (Å²) < 4.78 is 50.3. The summed E-state index contributed by atoms with van der Waals surface area (Å²) in [6, 6.07) is 9.04. The highest BCUT2D eigenvalue weighted by Crippen LogP contribution is 2.32. The predicted octanol–water partition coefficient (Wildman–Crippen LogP) is 2.94. The Hall–Kier alpha value is -3.34. The Kier molecular flexibility index (Phi) is 10.1. The molecule has 0 saturated carbocycles. The molecule has 198 valence electrons. The summed E-state index contributed by atoms with van der Waals surface area (Å²) in [5, 5.41) is 2.81. The van der Waals surface area contributed by atoms with Crippen molar-refractivity contribution in [2.24, 2.45) is 0 Å². The molecule has 0 spiro atoms. The van der Waals surface area contributed by atoms with E-state index in [1.807, 2.05) is 0 Å². The van der Waals surface area contributed by atoms with Gasteiger partial charge in [-0.1, -0.05) is 19.1 Å². The molecule has 11 heteroatoms. The van der Waals surface area contributed by atoms with E-state index in [1.165, 1.54) is 61.6 Å². The Morgan fingerprint density at radius 2 is 1.64 bits per heavy atom. The lowest BCUT2D eigenvalue weighted by Gasteiger charge is -2.33. The van der Waals surface area contributed by atoms with Crippen LogP contribution in [0.3, 0.4) is 0 Å². The number of methoxy groups -OCH3 is 2. The highest BCUT2D eigenvalue weighted by Gasteiger charge is 2.32. The van der Waals surface area contributed by atoms with Crippen LogP contribution in [-0.4, -0.2) is 64.2 Å². The first-order chi connectivity index (χ1) is 16.9. The van der Waals surface area contributed by atoms with Gasteiger partial charge in [0.2, 0.25) is 21.8 Å². The van der Waals surface area contributed by atoms with Crippen LogP contribution in [0.1, 0.15) is 32.8 Å². The van der Waals surface area contributed by atoms with E-state index in [4.69, 9.17) is 9.47 Å². The maximum atomic E-state index is 13.6. The smallest absolute Gasteiger partial charge is 0.244 e. The highest BCUT2D eigenvalue weighted by molar-refractivity contribution is 7.92. The molecule has 0 heterocycles. The van der Waals surface area contributed by atoms with Gasteiger partial charge in [-0.15, -0.1) is 0 Å². The Morgan fingerprint density at radius 1 is 1.03 bits per heavy atom. The molecule has 0 aliphatic heterocycles. The van der Waals surface area contributed by atoms with E-state index in [2.05, 4.69) is 5.32 Å². The number of hydrogen-bond acceptors (Lipinski definition) is 6. The Morgan fingerprint density at radius 3 is 2.14 bits per heavy atom. The quantitative estimate of drug-likeness (QED) is 0.459. The second-order valence-electron chi connectivity index (χ2n) is 8.54. The second-order valence-corrected chi connectivity index (χ2v) is 10.5. The number of amides is 2. The molecule has 2 amide bonds. The third kappa shape index (κ3) is 7.58. The van der Waals surface area contributed by atoms with Crippen molar-refractivity contribution in [3.63, 3.8) is 0 Å². The van der Waals surface area contributed by atoms with E-state index in [1.54, 1.807) is 20.8 Å². The number of benzene rings is 2. The van der Waals surface area contributed by atoms with Gasteiger partial charge in [-0.3, -0.25) is 13.9 Å². The van der Waals surface area contributed by atoms with Crippen molar-refractivity contribution in [1.29, 1.82) is 0 Å². The van der Waals surface area contributed by atoms with Gasteiger partial charge >= 0.3 is 0 Å². The largest absolute Gasteiger partial charge is 0.493 e. The topological polar surface area (TPSA) is 105 Å². The molecule has 0 saturated heterocycles. The molecule has 1 atom stereocenters. The van der Waals surface area contributed by atoms with Crippen molar-refractivity contribution in [1.82, 2.24) is 10.2 Å². The fraction of sp³-hybridized carbons (Fsp3) is 0.440. The van der Waals surface area contributed by atoms with E-state index in [9.17, 15) is 22.4 Å². The molecule has 0 aliphatic carbocycles. The molecule has 2 aromatic rings. The van der Waals surface area contributed by atoms with Gasteiger partial charge in [0.15, 0.2) is 11.5 Å². The Labute approximate surface area is 212 Å². The summed E-state index contributed by atoms with van der Waals surface area (Å²) in [4.78, 5) is 27.9. The van der Waals surface area contributed by atoms with Crippen LogP contribution >= 0.6 is 0 Å². The number of sulfonamides is 1. The molecule has 2 aromatic carbocycles. The third-order valence-corrected chi connectivity index (χ3v) is 6.56. The average Bonchev–Trinajstić information content (AvgIpc) is 2.81. The van der Waals surface area contributed by atoms with Gasteiger partial charge in [-0.2, -0.15) is 0 Å². The predicted molar refractivity (Wildman–Crippen MR) is 136 cm³/mol. The van der Waals surface area contributed by atoms with Crippen LogP contribution < -0.4 is 19.1 Å². The summed E-state index contributed by atoms with van der Waals surface area (Å²) in [6.07, 6.45) is 1.28. The van der Waals surface area contributed by atoms with Crippen LogP contribution in [0.5, 0.6) is 11.5 Å². The number of hydrogen-bond donors (Lipinski definition) is 1. The molecule has 0 fully saturated rings. The fourth-order valence-corrected chi connectivity index (χ4v) is 4.52. The maximum Gasteiger partial charge on any atom is 0.244 e. The number of nitrogens with zero attached hydrogens (tertiary/aromatic N) is 2. The average molecular weight is 524 g/mol. The van der Waals surface area contributed by atoms with Crippen molar-refractivity contribution < 1.29 is 31.9 Å². The van der Waals surface area contributed by atoms with Gasteiger partial charge < -0.3 is 19.7 Å². The monoisotopic (exact) mass is 523 g/mol. The summed E-state index contributed by atoms with van der Waals surface area (Å²) in [5.74, 6) is -0.694. The molecule has 2 rings (SSSR count). The SMILES string of the molecule is CCC(C(=O)NC(C)C)N(Cc1ccc(F)cc1)C(=O)CN(c1ccc(OC)c(OC)c1)S(C)(=O)=O. The van der Waals surface area contributed by atoms with Crippen molar-refractivity contribution >= 4 is 27.5 Å². The highest BCUT2D eigenvalue weighted by atomic mass is 32.2. The number of halogens is 1. The van der Waals surface area contributed by atoms with Gasteiger partial charge in [-0.05, 0) is 50.1 Å². The van der Waals surface area contributed by atoms with E-state index in [0.717, 1.165) is 10.6 Å². The molecule has 0 aromatic heterocycles. The van der Waals surface area contributed by atoms with Crippen LogP contribution in [-0.2, 0) is 26.2 Å². The fourth-order valence-electron chi connectivity index (χ4n) is 3.68. The van der Waals surface area contributed by atoms with Crippen molar-refractivity contribution in [3.8, 4) is 11.5 Å². The zero-order chi connectivity index (χ0) is 27.0. The van der Waals surface area contributed by atoms with E-state index in [-0.39, 0.29) is 24.2 Å². The van der Waals surface area contributed by atoms with Gasteiger partial charge in [0, 0.05) is 18.7 Å². The lowest BCUT2D eigenvalue weighted by Crippen LogP contribution is -2.53. The number of carbonyl (C=O) groups excluding carboxylic acids is 2. The van der Waals surface area contributed by atoms with E-state index >= 15 is 0 Å². The van der Waals surface area contributed by atoms with Crippen LogP contribution in [0.25, 0.3) is 0 Å². The zero-order valence-electron chi connectivity index (χ0n) is 21.4. The first kappa shape index (κ1) is 28.9. The standard InChI is InChI=1S/C25H34FN3O6S/c1-7-21(25(31)27-17(2)3)28(15-18-8-10-19(26)11-9-18)24(30)16-29(36(6,32)33)20-12-13-22(34-4)23(14-20)35-5/h8-14,17,21H,7,15-16H2,1-6H3,(H,27,31). The number of nitrogens with one attached hydrogen (secondary N) is 1. The van der Waals surface area contributed by atoms with Crippen LogP contribution in [0.2, 0.25) is 0 Å². The van der Waals surface area contributed by atoms with Crippen molar-refractivity contribution in [3.05, 3.63) is 53.8 Å². The van der Waals surface area contributed by atoms with E-state index < -0.39 is 34.3 Å². The van der Waals surface area contributed by atoms with Crippen LogP contribution in [0, 0.1) is 5.82 Å². The number of carbonyl (C=O) groups is 2. The van der Waals surface area contributed by atoms with Gasteiger partial charge in [0.05, 0.1) is 26.2 Å². The Balaban J connectivity index is 2.48. The molecule has 0 radical (unpaired) electrons. The van der Waals surface area contributed by atoms with Crippen molar-refractivity contribution in [2.45, 2.75) is 45.8 Å². The summed E-state index contributed by atoms with van der Waals surface area (Å²) >= 11 is 0. The summed E-state index contributed by atoms with van der Waals surface area (Å²) in [6.45, 7) is 4.81. The van der Waals surface area contributed by atoms with Gasteiger partial charge in [0.1, 0.15) is 18.4 Å². The molecule has 0 aliphatic rings. The zero-order valence-corrected chi connectivity index (χ0v) is 22.3. The normalized spacial score (nSPS) is 12.1. The first-order valence-electron chi connectivity index (χ1n) is 11.4. The molecule has 0 bridgehead atoms. The minimum atomic E-state index is -3.90. The first-order valence-corrected chi connectivity index (χ1v) is 13.3. The summed E-state index contributed by atoms with van der Waals surface area (Å²) in [5.41, 5.74) is 0.794. The molecule has 9 nitrogen and oxygen atoms in total. The van der Waals surface area contributed by atoms with Gasteiger partial charge in [0.25, 0.3) is 0 Å². The molecular weight excluding hydrogens is 489 g/mol. The second kappa shape index (κ2) is 12.6. The minimum absolute atomic E-state index is 0.00727. The minimum Gasteiger partial charge on any atom is -0.493 e. The van der Waals surface area contributed by atoms with Crippen molar-refractivity contribution in [2.75, 3.05) is 31.3 Å². The molecular formula is C25H34FN3O6S. The number of rotatable bonds is 12. The Bertz CT molecular complexity index is 1150. The number of ether oxygens (including phenoxy) is 2. The molecule has 1 unspecified atom stereocenters. The van der Waals surface area contributed by atoms with E-state index in [0.29, 0.717) is 23.5 Å². The lowest BCUT2D eigenvalue weighted by atomic mass is 10.1. The van der Waals surface area contributed by atoms with Crippen LogP contribution in [0.15, 0.2) is 42.5 Å².